The van der Waals surface area contributed by atoms with E-state index in [1.807, 2.05) is 0 Å². The number of hydrogen-bond acceptors (Lipinski definition) is 4. The Balaban J connectivity index is -0.000000448. The van der Waals surface area contributed by atoms with E-state index in [2.05, 4.69) is 55.4 Å². The largest absolute Gasteiger partial charge is 0.550 e. The summed E-state index contributed by atoms with van der Waals surface area (Å²) in [6, 6.07) is 0. The number of aliphatic carboxylic acids is 2. The number of hydrogen-bond donors (Lipinski definition) is 0. The second kappa shape index (κ2) is 25.9. The summed E-state index contributed by atoms with van der Waals surface area (Å²) in [6.45, 7) is 29.6. The summed E-state index contributed by atoms with van der Waals surface area (Å²) in [6.07, 6.45) is 10.3. The number of carbonyl (C=O) groups is 2. The van der Waals surface area contributed by atoms with Crippen LogP contribution in [0.4, 0.5) is 0 Å². The van der Waals surface area contributed by atoms with Crippen LogP contribution in [0, 0.1) is 0 Å². The molecule has 6 heteroatoms. The van der Waals surface area contributed by atoms with Gasteiger partial charge in [0.2, 0.25) is 0 Å². The van der Waals surface area contributed by atoms with E-state index in [4.69, 9.17) is 0 Å². The van der Waals surface area contributed by atoms with Crippen LogP contribution in [0.5, 0.6) is 0 Å². The molecule has 0 aliphatic rings. The molecule has 0 aliphatic carbocycles. The summed E-state index contributed by atoms with van der Waals surface area (Å²) in [5.74, 6) is -2.45. The molecular weight excluding hydrogens is 440 g/mol. The summed E-state index contributed by atoms with van der Waals surface area (Å²) >= 11 is 0. The monoisotopic (exact) mass is 502 g/mol. The molecule has 0 radical (unpaired) electrons. The topological polar surface area (TPSA) is 80.3 Å². The number of quaternary nitrogens is 2. The zero-order valence-electron chi connectivity index (χ0n) is 25.0. The molecule has 6 nitrogen and oxygen atoms in total. The third-order valence-corrected chi connectivity index (χ3v) is 6.35. The smallest absolute Gasteiger partial charge is 0.0783 e. The maximum absolute atomic E-state index is 9.66. The summed E-state index contributed by atoms with van der Waals surface area (Å²) in [4.78, 5) is 19.3. The lowest BCUT2D eigenvalue weighted by molar-refractivity contribution is -0.928. The van der Waals surface area contributed by atoms with Gasteiger partial charge in [0.1, 0.15) is 0 Å². The van der Waals surface area contributed by atoms with Crippen LogP contribution in [0.2, 0.25) is 0 Å². The van der Waals surface area contributed by atoms with E-state index in [0.717, 1.165) is 0 Å². The molecule has 0 heterocycles. The fourth-order valence-electron chi connectivity index (χ4n) is 5.51. The first-order valence-electron chi connectivity index (χ1n) is 14.7. The number of carboxylic acids is 2. The molecule has 0 aromatic rings. The second-order valence-electron chi connectivity index (χ2n) is 10.1. The van der Waals surface area contributed by atoms with Crippen molar-refractivity contribution in [1.82, 2.24) is 0 Å². The minimum atomic E-state index is -1.23. The fraction of sp³-hybridized carbons (Fsp3) is 0.931. The van der Waals surface area contributed by atoms with Crippen molar-refractivity contribution in [3.8, 4) is 0 Å². The maximum atomic E-state index is 9.66. The number of carbonyl (C=O) groups excluding carboxylic acids is 2. The van der Waals surface area contributed by atoms with E-state index in [9.17, 15) is 19.8 Å². The molecule has 0 atom stereocenters. The van der Waals surface area contributed by atoms with Gasteiger partial charge in [0.25, 0.3) is 0 Å². The van der Waals surface area contributed by atoms with E-state index in [1.165, 1.54) is 113 Å². The molecule has 0 fully saturated rings. The molecule has 0 aromatic carbocycles. The predicted molar refractivity (Wildman–Crippen MR) is 146 cm³/mol. The first-order chi connectivity index (χ1) is 16.6. The van der Waals surface area contributed by atoms with Gasteiger partial charge in [0.05, 0.1) is 52.4 Å². The third kappa shape index (κ3) is 23.0. The second-order valence-corrected chi connectivity index (χ2v) is 10.1. The summed E-state index contributed by atoms with van der Waals surface area (Å²) in [5, 5.41) is 19.3. The molecule has 0 amide bonds. The molecule has 0 unspecified atom stereocenters. The Kier molecular flexibility index (Phi) is 28.5. The lowest BCUT2D eigenvalue weighted by Crippen LogP contribution is -2.50. The molecule has 0 spiro atoms. The standard InChI is InChI=1S/2C12H28N.C5H8O4/c2*1-5-9-13(10-6-2,11-7-3)12-8-4;6-4(7)2-1-3-5(8)9/h2*5-12H2,1-4H3;1-3H2,(H,6,7)(H,8,9)/q2*+1;/p-2. The highest BCUT2D eigenvalue weighted by Gasteiger charge is 2.23. The molecule has 0 aromatic heterocycles. The predicted octanol–water partition coefficient (Wildman–Crippen LogP) is 4.54. The van der Waals surface area contributed by atoms with Gasteiger partial charge in [-0.15, -0.1) is 0 Å². The molecule has 0 saturated heterocycles. The van der Waals surface area contributed by atoms with Crippen LogP contribution in [0.15, 0.2) is 0 Å². The first-order valence-corrected chi connectivity index (χ1v) is 14.7. The van der Waals surface area contributed by atoms with Gasteiger partial charge >= 0.3 is 0 Å². The van der Waals surface area contributed by atoms with E-state index in [-0.39, 0.29) is 19.3 Å². The SMILES string of the molecule is CCC[N+](CCC)(CCC)CCC.CCC[N+](CCC)(CCC)CCC.O=C([O-])CCCC(=O)[O-]. The Morgan fingerprint density at radius 1 is 0.429 bits per heavy atom. The maximum Gasteiger partial charge on any atom is 0.0783 e. The first kappa shape index (κ1) is 38.4. The molecular formula is C29H62N2O4. The van der Waals surface area contributed by atoms with E-state index < -0.39 is 11.9 Å². The van der Waals surface area contributed by atoms with Crippen LogP contribution in [-0.4, -0.2) is 73.3 Å². The zero-order chi connectivity index (χ0) is 27.6. The van der Waals surface area contributed by atoms with Gasteiger partial charge in [0.15, 0.2) is 0 Å². The molecule has 0 saturated carbocycles. The van der Waals surface area contributed by atoms with Crippen LogP contribution in [0.3, 0.4) is 0 Å². The molecule has 0 rings (SSSR count). The number of nitrogens with zero attached hydrogens (tertiary/aromatic N) is 2. The van der Waals surface area contributed by atoms with Gasteiger partial charge in [-0.05, 0) is 70.6 Å². The average Bonchev–Trinajstić information content (AvgIpc) is 2.76. The van der Waals surface area contributed by atoms with Gasteiger partial charge in [-0.1, -0.05) is 55.4 Å². The van der Waals surface area contributed by atoms with Crippen molar-refractivity contribution >= 4 is 11.9 Å². The van der Waals surface area contributed by atoms with Crippen molar-refractivity contribution in [1.29, 1.82) is 0 Å². The molecule has 35 heavy (non-hydrogen) atoms. The minimum Gasteiger partial charge on any atom is -0.550 e. The van der Waals surface area contributed by atoms with Gasteiger partial charge in [0, 0.05) is 11.9 Å². The molecule has 0 bridgehead atoms. The zero-order valence-corrected chi connectivity index (χ0v) is 25.0. The van der Waals surface area contributed by atoms with Crippen LogP contribution >= 0.6 is 0 Å². The Labute approximate surface area is 219 Å². The van der Waals surface area contributed by atoms with Crippen molar-refractivity contribution in [2.75, 3.05) is 52.4 Å². The van der Waals surface area contributed by atoms with Gasteiger partial charge in [-0.25, -0.2) is 0 Å². The van der Waals surface area contributed by atoms with E-state index in [0.29, 0.717) is 0 Å². The number of carboxylic acid groups (broad SMARTS) is 2. The normalized spacial score (nSPS) is 11.2. The van der Waals surface area contributed by atoms with Crippen molar-refractivity contribution in [2.45, 2.75) is 126 Å². The summed E-state index contributed by atoms with van der Waals surface area (Å²) in [5.41, 5.74) is 0. The van der Waals surface area contributed by atoms with Crippen molar-refractivity contribution < 1.29 is 28.8 Å². The Hall–Kier alpha value is -1.14. The van der Waals surface area contributed by atoms with Crippen molar-refractivity contribution in [3.63, 3.8) is 0 Å². The highest BCUT2D eigenvalue weighted by Crippen LogP contribution is 2.13. The highest BCUT2D eigenvalue weighted by atomic mass is 16.4. The lowest BCUT2D eigenvalue weighted by Gasteiger charge is -2.38. The quantitative estimate of drug-likeness (QED) is 0.229. The van der Waals surface area contributed by atoms with Crippen LogP contribution < -0.4 is 10.2 Å². The molecule has 212 valence electrons. The Morgan fingerprint density at radius 3 is 0.714 bits per heavy atom. The molecule has 0 N–H and O–H groups in total. The average molecular weight is 503 g/mol. The molecule has 0 aliphatic heterocycles. The van der Waals surface area contributed by atoms with Crippen LogP contribution in [0.1, 0.15) is 126 Å². The van der Waals surface area contributed by atoms with Crippen LogP contribution in [0.25, 0.3) is 0 Å². The van der Waals surface area contributed by atoms with Gasteiger partial charge < -0.3 is 28.8 Å². The van der Waals surface area contributed by atoms with Gasteiger partial charge in [-0.2, -0.15) is 0 Å². The minimum absolute atomic E-state index is 0.0880. The lowest BCUT2D eigenvalue weighted by atomic mass is 10.2. The van der Waals surface area contributed by atoms with E-state index in [1.54, 1.807) is 0 Å². The third-order valence-electron chi connectivity index (χ3n) is 6.35. The van der Waals surface area contributed by atoms with Gasteiger partial charge in [-0.3, -0.25) is 0 Å². The summed E-state index contributed by atoms with van der Waals surface area (Å²) in [7, 11) is 0. The fourth-order valence-corrected chi connectivity index (χ4v) is 5.51. The van der Waals surface area contributed by atoms with E-state index >= 15 is 0 Å². The number of rotatable bonds is 20. The summed E-state index contributed by atoms with van der Waals surface area (Å²) < 4.78 is 2.75. The highest BCUT2D eigenvalue weighted by molar-refractivity contribution is 5.67. The Morgan fingerprint density at radius 2 is 0.600 bits per heavy atom. The van der Waals surface area contributed by atoms with Crippen molar-refractivity contribution in [3.05, 3.63) is 0 Å². The van der Waals surface area contributed by atoms with Crippen molar-refractivity contribution in [2.24, 2.45) is 0 Å². The Bertz CT molecular complexity index is 382. The van der Waals surface area contributed by atoms with Crippen LogP contribution in [-0.2, 0) is 9.59 Å².